The van der Waals surface area contributed by atoms with Gasteiger partial charge in [-0.1, -0.05) is 45.9 Å². The average molecular weight is 263 g/mol. The first-order valence-electron chi connectivity index (χ1n) is 7.26. The van der Waals surface area contributed by atoms with E-state index in [2.05, 4.69) is 59.0 Å². The Hall–Kier alpha value is -1.02. The number of benzene rings is 1. The van der Waals surface area contributed by atoms with Gasteiger partial charge in [0.25, 0.3) is 0 Å². The first-order chi connectivity index (χ1) is 8.80. The third kappa shape index (κ3) is 5.65. The Morgan fingerprint density at radius 3 is 2.32 bits per heavy atom. The van der Waals surface area contributed by atoms with Gasteiger partial charge in [-0.2, -0.15) is 0 Å². The predicted octanol–water partition coefficient (Wildman–Crippen LogP) is 4.25. The third-order valence-electron chi connectivity index (χ3n) is 3.58. The van der Waals surface area contributed by atoms with Gasteiger partial charge in [0.15, 0.2) is 0 Å². The molecule has 0 radical (unpaired) electrons. The summed E-state index contributed by atoms with van der Waals surface area (Å²) in [5, 5.41) is 3.54. The van der Waals surface area contributed by atoms with Crippen LogP contribution in [0.3, 0.4) is 0 Å². The van der Waals surface area contributed by atoms with Gasteiger partial charge in [0.05, 0.1) is 6.10 Å². The van der Waals surface area contributed by atoms with Crippen LogP contribution in [-0.4, -0.2) is 12.6 Å². The number of hydrogen-bond acceptors (Lipinski definition) is 2. The molecule has 2 heteroatoms. The SMILES string of the molecule is CC(C)Oc1ccccc1CNCC(C)C(C)(C)C. The van der Waals surface area contributed by atoms with E-state index in [1.807, 2.05) is 12.1 Å². The minimum Gasteiger partial charge on any atom is -0.491 e. The van der Waals surface area contributed by atoms with E-state index >= 15 is 0 Å². The van der Waals surface area contributed by atoms with Crippen LogP contribution in [0.15, 0.2) is 24.3 Å². The van der Waals surface area contributed by atoms with Crippen LogP contribution >= 0.6 is 0 Å². The highest BCUT2D eigenvalue weighted by Gasteiger charge is 2.19. The van der Waals surface area contributed by atoms with Gasteiger partial charge in [0.1, 0.15) is 5.75 Å². The van der Waals surface area contributed by atoms with Crippen LogP contribution in [0.4, 0.5) is 0 Å². The normalized spacial score (nSPS) is 13.6. The predicted molar refractivity (Wildman–Crippen MR) is 82.5 cm³/mol. The number of ether oxygens (including phenoxy) is 1. The van der Waals surface area contributed by atoms with E-state index in [4.69, 9.17) is 4.74 Å². The smallest absolute Gasteiger partial charge is 0.124 e. The highest BCUT2D eigenvalue weighted by molar-refractivity contribution is 5.33. The van der Waals surface area contributed by atoms with Crippen molar-refractivity contribution in [3.8, 4) is 5.75 Å². The summed E-state index contributed by atoms with van der Waals surface area (Å²) in [5.41, 5.74) is 1.58. The molecule has 0 aliphatic carbocycles. The fraction of sp³-hybridized carbons (Fsp3) is 0.647. The molecular weight excluding hydrogens is 234 g/mol. The van der Waals surface area contributed by atoms with Gasteiger partial charge in [0.2, 0.25) is 0 Å². The molecule has 0 amide bonds. The summed E-state index contributed by atoms with van der Waals surface area (Å²) in [7, 11) is 0. The number of rotatable bonds is 6. The summed E-state index contributed by atoms with van der Waals surface area (Å²) in [4.78, 5) is 0. The average Bonchev–Trinajstić information content (AvgIpc) is 2.29. The van der Waals surface area contributed by atoms with Crippen molar-refractivity contribution in [2.45, 2.75) is 54.2 Å². The summed E-state index contributed by atoms with van der Waals surface area (Å²) in [6, 6.07) is 8.27. The lowest BCUT2D eigenvalue weighted by molar-refractivity contribution is 0.237. The van der Waals surface area contributed by atoms with E-state index in [-0.39, 0.29) is 6.10 Å². The van der Waals surface area contributed by atoms with Crippen molar-refractivity contribution < 1.29 is 4.74 Å². The third-order valence-corrected chi connectivity index (χ3v) is 3.58. The molecule has 19 heavy (non-hydrogen) atoms. The minimum atomic E-state index is 0.217. The second-order valence-corrected chi connectivity index (χ2v) is 6.67. The standard InChI is InChI=1S/C17H29NO/c1-13(2)19-16-10-8-7-9-15(16)12-18-11-14(3)17(4,5)6/h7-10,13-14,18H,11-12H2,1-6H3. The van der Waals surface area contributed by atoms with Crippen molar-refractivity contribution in [2.24, 2.45) is 11.3 Å². The lowest BCUT2D eigenvalue weighted by Gasteiger charge is -2.27. The van der Waals surface area contributed by atoms with E-state index in [0.717, 1.165) is 18.8 Å². The Labute approximate surface area is 118 Å². The van der Waals surface area contributed by atoms with Gasteiger partial charge >= 0.3 is 0 Å². The van der Waals surface area contributed by atoms with Crippen LogP contribution in [0.2, 0.25) is 0 Å². The molecule has 2 nitrogen and oxygen atoms in total. The maximum atomic E-state index is 5.83. The summed E-state index contributed by atoms with van der Waals surface area (Å²) in [6.07, 6.45) is 0.217. The molecule has 1 aromatic rings. The first kappa shape index (κ1) is 16.0. The molecule has 0 aliphatic rings. The largest absolute Gasteiger partial charge is 0.491 e. The second-order valence-electron chi connectivity index (χ2n) is 6.67. The lowest BCUT2D eigenvalue weighted by atomic mass is 9.82. The fourth-order valence-corrected chi connectivity index (χ4v) is 1.75. The van der Waals surface area contributed by atoms with Gasteiger partial charge < -0.3 is 10.1 Å². The van der Waals surface area contributed by atoms with Gasteiger partial charge in [0, 0.05) is 12.1 Å². The maximum Gasteiger partial charge on any atom is 0.124 e. The molecular formula is C17H29NO. The quantitative estimate of drug-likeness (QED) is 0.828. The molecule has 0 saturated carbocycles. The maximum absolute atomic E-state index is 5.83. The Morgan fingerprint density at radius 1 is 1.11 bits per heavy atom. The van der Waals surface area contributed by atoms with E-state index in [1.165, 1.54) is 5.56 Å². The van der Waals surface area contributed by atoms with E-state index < -0.39 is 0 Å². The Morgan fingerprint density at radius 2 is 1.74 bits per heavy atom. The van der Waals surface area contributed by atoms with Crippen molar-refractivity contribution >= 4 is 0 Å². The molecule has 0 aliphatic heterocycles. The molecule has 1 atom stereocenters. The van der Waals surface area contributed by atoms with Gasteiger partial charge in [-0.05, 0) is 37.8 Å². The van der Waals surface area contributed by atoms with Crippen molar-refractivity contribution in [3.63, 3.8) is 0 Å². The van der Waals surface area contributed by atoms with Gasteiger partial charge in [-0.3, -0.25) is 0 Å². The molecule has 1 N–H and O–H groups in total. The first-order valence-corrected chi connectivity index (χ1v) is 7.26. The number of hydrogen-bond donors (Lipinski definition) is 1. The van der Waals surface area contributed by atoms with E-state index in [9.17, 15) is 0 Å². The molecule has 0 spiro atoms. The fourth-order valence-electron chi connectivity index (χ4n) is 1.75. The highest BCUT2D eigenvalue weighted by Crippen LogP contribution is 2.25. The number of para-hydroxylation sites is 1. The molecule has 0 saturated heterocycles. The van der Waals surface area contributed by atoms with Crippen LogP contribution in [0, 0.1) is 11.3 Å². The van der Waals surface area contributed by atoms with Crippen molar-refractivity contribution in [1.29, 1.82) is 0 Å². The van der Waals surface area contributed by atoms with E-state index in [1.54, 1.807) is 0 Å². The minimum absolute atomic E-state index is 0.217. The van der Waals surface area contributed by atoms with Crippen molar-refractivity contribution in [3.05, 3.63) is 29.8 Å². The van der Waals surface area contributed by atoms with Crippen molar-refractivity contribution in [2.75, 3.05) is 6.54 Å². The number of nitrogens with one attached hydrogen (secondary N) is 1. The topological polar surface area (TPSA) is 21.3 Å². The molecule has 1 rings (SSSR count). The van der Waals surface area contributed by atoms with Crippen LogP contribution in [0.25, 0.3) is 0 Å². The van der Waals surface area contributed by atoms with E-state index in [0.29, 0.717) is 11.3 Å². The Bertz CT molecular complexity index is 379. The Balaban J connectivity index is 2.54. The Kier molecular flexibility index (Phi) is 5.86. The van der Waals surface area contributed by atoms with Crippen LogP contribution in [0.5, 0.6) is 5.75 Å². The zero-order valence-corrected chi connectivity index (χ0v) is 13.3. The summed E-state index contributed by atoms with van der Waals surface area (Å²) < 4.78 is 5.83. The molecule has 0 aromatic heterocycles. The summed E-state index contributed by atoms with van der Waals surface area (Å²) >= 11 is 0. The second kappa shape index (κ2) is 6.95. The zero-order chi connectivity index (χ0) is 14.5. The van der Waals surface area contributed by atoms with Crippen LogP contribution in [0.1, 0.15) is 47.1 Å². The van der Waals surface area contributed by atoms with Crippen LogP contribution < -0.4 is 10.1 Å². The molecule has 1 aromatic carbocycles. The molecule has 0 bridgehead atoms. The monoisotopic (exact) mass is 263 g/mol. The summed E-state index contributed by atoms with van der Waals surface area (Å²) in [6.45, 7) is 15.2. The summed E-state index contributed by atoms with van der Waals surface area (Å²) in [5.74, 6) is 1.64. The molecule has 1 unspecified atom stereocenters. The van der Waals surface area contributed by atoms with Gasteiger partial charge in [-0.25, -0.2) is 0 Å². The molecule has 108 valence electrons. The molecule has 0 fully saturated rings. The van der Waals surface area contributed by atoms with Gasteiger partial charge in [-0.15, -0.1) is 0 Å². The van der Waals surface area contributed by atoms with Crippen molar-refractivity contribution in [1.82, 2.24) is 5.32 Å². The highest BCUT2D eigenvalue weighted by atomic mass is 16.5. The zero-order valence-electron chi connectivity index (χ0n) is 13.3. The van der Waals surface area contributed by atoms with Crippen LogP contribution in [-0.2, 0) is 6.54 Å². The lowest BCUT2D eigenvalue weighted by Crippen LogP contribution is -2.29. The molecule has 0 heterocycles.